The molecule has 11 heteroatoms. The van der Waals surface area contributed by atoms with Gasteiger partial charge in [-0.2, -0.15) is 13.2 Å². The van der Waals surface area contributed by atoms with Gasteiger partial charge in [-0.3, -0.25) is 0 Å². The molecule has 1 aromatic carbocycles. The zero-order chi connectivity index (χ0) is 22.6. The smallest absolute Gasteiger partial charge is 0.417 e. The zero-order valence-electron chi connectivity index (χ0n) is 17.0. The number of pyridine rings is 1. The highest BCUT2D eigenvalue weighted by atomic mass is 32.2. The van der Waals surface area contributed by atoms with Crippen molar-refractivity contribution < 1.29 is 35.8 Å². The molecule has 1 saturated carbocycles. The summed E-state index contributed by atoms with van der Waals surface area (Å²) in [5.41, 5.74) is -0.840. The van der Waals surface area contributed by atoms with E-state index in [1.165, 1.54) is 38.5 Å². The van der Waals surface area contributed by atoms with Gasteiger partial charge in [0.1, 0.15) is 6.10 Å². The van der Waals surface area contributed by atoms with Crippen molar-refractivity contribution in [3.8, 4) is 17.4 Å². The van der Waals surface area contributed by atoms with E-state index in [-0.39, 0.29) is 22.9 Å². The highest BCUT2D eigenvalue weighted by Crippen LogP contribution is 2.31. The van der Waals surface area contributed by atoms with Crippen molar-refractivity contribution in [1.29, 1.82) is 0 Å². The van der Waals surface area contributed by atoms with E-state index in [1.807, 2.05) is 0 Å². The van der Waals surface area contributed by atoms with Crippen LogP contribution in [0.1, 0.15) is 31.2 Å². The SMILES string of the molecule is COc1ccc(S(=O)(=O)NC2CCC(Oc3ccc(C(F)(F)F)cn3)CC2)cc1OC. The summed E-state index contributed by atoms with van der Waals surface area (Å²) in [7, 11) is -0.869. The van der Waals surface area contributed by atoms with Gasteiger partial charge in [0.15, 0.2) is 11.5 Å². The summed E-state index contributed by atoms with van der Waals surface area (Å²) in [6.45, 7) is 0. The Morgan fingerprint density at radius 1 is 1.00 bits per heavy atom. The number of benzene rings is 1. The van der Waals surface area contributed by atoms with Crippen LogP contribution >= 0.6 is 0 Å². The van der Waals surface area contributed by atoms with E-state index in [4.69, 9.17) is 14.2 Å². The molecule has 0 amide bonds. The molecule has 1 aliphatic rings. The van der Waals surface area contributed by atoms with Gasteiger partial charge in [0.2, 0.25) is 15.9 Å². The lowest BCUT2D eigenvalue weighted by atomic mass is 9.94. The van der Waals surface area contributed by atoms with Crippen molar-refractivity contribution in [2.75, 3.05) is 14.2 Å². The van der Waals surface area contributed by atoms with Gasteiger partial charge < -0.3 is 14.2 Å². The lowest BCUT2D eigenvalue weighted by Crippen LogP contribution is -2.39. The number of rotatable bonds is 7. The fourth-order valence-corrected chi connectivity index (χ4v) is 4.68. The third-order valence-corrected chi connectivity index (χ3v) is 6.53. The molecule has 3 rings (SSSR count). The standard InChI is InChI=1S/C20H23F3N2O5S/c1-28-17-9-8-16(11-18(17)29-2)31(26,27)25-14-4-6-15(7-5-14)30-19-10-3-13(12-24-19)20(21,22)23/h3,8-12,14-15,25H,4-7H2,1-2H3. The summed E-state index contributed by atoms with van der Waals surface area (Å²) in [6.07, 6.45) is -1.82. The van der Waals surface area contributed by atoms with Crippen LogP contribution in [0.15, 0.2) is 41.4 Å². The van der Waals surface area contributed by atoms with Gasteiger partial charge in [0.25, 0.3) is 0 Å². The minimum absolute atomic E-state index is 0.0671. The van der Waals surface area contributed by atoms with Crippen LogP contribution in [-0.2, 0) is 16.2 Å². The Balaban J connectivity index is 1.56. The molecule has 0 bridgehead atoms. The molecule has 0 spiro atoms. The first-order valence-corrected chi connectivity index (χ1v) is 11.0. The first kappa shape index (κ1) is 23.1. The normalized spacial score (nSPS) is 19.6. The number of sulfonamides is 1. The van der Waals surface area contributed by atoms with E-state index >= 15 is 0 Å². The Hall–Kier alpha value is -2.53. The number of hydrogen-bond donors (Lipinski definition) is 1. The van der Waals surface area contributed by atoms with Crippen LogP contribution in [0.25, 0.3) is 0 Å². The molecular weight excluding hydrogens is 437 g/mol. The van der Waals surface area contributed by atoms with E-state index in [9.17, 15) is 21.6 Å². The van der Waals surface area contributed by atoms with Crippen molar-refractivity contribution in [3.63, 3.8) is 0 Å². The highest BCUT2D eigenvalue weighted by molar-refractivity contribution is 7.89. The van der Waals surface area contributed by atoms with E-state index in [2.05, 4.69) is 9.71 Å². The second-order valence-corrected chi connectivity index (χ2v) is 8.83. The molecule has 1 aliphatic carbocycles. The molecule has 1 fully saturated rings. The van der Waals surface area contributed by atoms with Crippen molar-refractivity contribution in [1.82, 2.24) is 9.71 Å². The van der Waals surface area contributed by atoms with Gasteiger partial charge in [-0.05, 0) is 43.9 Å². The summed E-state index contributed by atoms with van der Waals surface area (Å²) in [5.74, 6) is 0.852. The first-order chi connectivity index (χ1) is 14.6. The van der Waals surface area contributed by atoms with Crippen molar-refractivity contribution in [2.45, 2.75) is 48.9 Å². The number of ether oxygens (including phenoxy) is 3. The maximum absolute atomic E-state index is 12.7. The molecule has 2 aromatic rings. The van der Waals surface area contributed by atoms with Gasteiger partial charge >= 0.3 is 6.18 Å². The number of nitrogens with zero attached hydrogens (tertiary/aromatic N) is 1. The van der Waals surface area contributed by atoms with Crippen molar-refractivity contribution in [3.05, 3.63) is 42.1 Å². The molecule has 0 aliphatic heterocycles. The molecule has 0 radical (unpaired) electrons. The highest BCUT2D eigenvalue weighted by Gasteiger charge is 2.31. The Bertz CT molecular complexity index is 989. The van der Waals surface area contributed by atoms with Crippen LogP contribution in [0.4, 0.5) is 13.2 Å². The summed E-state index contributed by atoms with van der Waals surface area (Å²) in [6, 6.07) is 6.19. The maximum atomic E-state index is 12.7. The summed E-state index contributed by atoms with van der Waals surface area (Å²) in [5, 5.41) is 0. The molecule has 170 valence electrons. The topological polar surface area (TPSA) is 86.8 Å². The summed E-state index contributed by atoms with van der Waals surface area (Å²) in [4.78, 5) is 3.78. The number of aromatic nitrogens is 1. The van der Waals surface area contributed by atoms with Crippen LogP contribution in [-0.4, -0.2) is 39.8 Å². The lowest BCUT2D eigenvalue weighted by molar-refractivity contribution is -0.137. The molecule has 7 nitrogen and oxygen atoms in total. The summed E-state index contributed by atoms with van der Waals surface area (Å²) >= 11 is 0. The lowest BCUT2D eigenvalue weighted by Gasteiger charge is -2.29. The van der Waals surface area contributed by atoms with Crippen molar-refractivity contribution in [2.24, 2.45) is 0 Å². The van der Waals surface area contributed by atoms with Crippen LogP contribution in [0.3, 0.4) is 0 Å². The molecular formula is C20H23F3N2O5S. The monoisotopic (exact) mass is 460 g/mol. The number of halogens is 3. The zero-order valence-corrected chi connectivity index (χ0v) is 17.8. The second-order valence-electron chi connectivity index (χ2n) is 7.11. The Labute approximate surface area is 178 Å². The fraction of sp³-hybridized carbons (Fsp3) is 0.450. The molecule has 0 unspecified atom stereocenters. The van der Waals surface area contributed by atoms with Gasteiger partial charge in [-0.1, -0.05) is 0 Å². The predicted octanol–water partition coefficient (Wildman–Crippen LogP) is 3.79. The third kappa shape index (κ3) is 5.79. The Morgan fingerprint density at radius 2 is 1.68 bits per heavy atom. The van der Waals surface area contributed by atoms with Crippen LogP contribution < -0.4 is 18.9 Å². The minimum Gasteiger partial charge on any atom is -0.493 e. The fourth-order valence-electron chi connectivity index (χ4n) is 3.36. The average molecular weight is 460 g/mol. The first-order valence-electron chi connectivity index (χ1n) is 9.56. The Kier molecular flexibility index (Phi) is 6.95. The van der Waals surface area contributed by atoms with E-state index in [0.717, 1.165) is 12.3 Å². The number of hydrogen-bond acceptors (Lipinski definition) is 6. The van der Waals surface area contributed by atoms with Gasteiger partial charge in [0, 0.05) is 24.4 Å². The van der Waals surface area contributed by atoms with Gasteiger partial charge in [0.05, 0.1) is 24.7 Å². The quantitative estimate of drug-likeness (QED) is 0.677. The molecule has 1 N–H and O–H groups in total. The number of nitrogens with one attached hydrogen (secondary N) is 1. The van der Waals surface area contributed by atoms with Gasteiger partial charge in [-0.25, -0.2) is 18.1 Å². The van der Waals surface area contributed by atoms with E-state index in [1.54, 1.807) is 0 Å². The molecule has 0 saturated heterocycles. The van der Waals surface area contributed by atoms with Crippen molar-refractivity contribution >= 4 is 10.0 Å². The number of alkyl halides is 3. The largest absolute Gasteiger partial charge is 0.493 e. The summed E-state index contributed by atoms with van der Waals surface area (Å²) < 4.78 is 81.9. The molecule has 31 heavy (non-hydrogen) atoms. The van der Waals surface area contributed by atoms with Gasteiger partial charge in [-0.15, -0.1) is 0 Å². The average Bonchev–Trinajstić information content (AvgIpc) is 2.74. The number of methoxy groups -OCH3 is 2. The Morgan fingerprint density at radius 3 is 2.23 bits per heavy atom. The predicted molar refractivity (Wildman–Crippen MR) is 106 cm³/mol. The maximum Gasteiger partial charge on any atom is 0.417 e. The van der Waals surface area contributed by atoms with E-state index < -0.39 is 21.8 Å². The van der Waals surface area contributed by atoms with Crippen LogP contribution in [0.5, 0.6) is 17.4 Å². The third-order valence-electron chi connectivity index (χ3n) is 5.01. The molecule has 1 aromatic heterocycles. The molecule has 1 heterocycles. The van der Waals surface area contributed by atoms with Crippen LogP contribution in [0.2, 0.25) is 0 Å². The minimum atomic E-state index is -4.45. The van der Waals surface area contributed by atoms with Crippen LogP contribution in [0, 0.1) is 0 Å². The second kappa shape index (κ2) is 9.31. The van der Waals surface area contributed by atoms with E-state index in [0.29, 0.717) is 37.2 Å². The molecule has 0 atom stereocenters.